The molecule has 2 rings (SSSR count). The first-order valence-corrected chi connectivity index (χ1v) is 6.54. The average Bonchev–Trinajstić information content (AvgIpc) is 2.65. The maximum atomic E-state index is 11.9. The van der Waals surface area contributed by atoms with Gasteiger partial charge in [-0.25, -0.2) is 0 Å². The third kappa shape index (κ3) is 2.15. The second-order valence-electron chi connectivity index (χ2n) is 4.64. The second kappa shape index (κ2) is 4.00. The first-order valence-electron chi connectivity index (χ1n) is 5.01. The van der Waals surface area contributed by atoms with Crippen molar-refractivity contribution in [3.63, 3.8) is 0 Å². The van der Waals surface area contributed by atoms with Crippen LogP contribution >= 0.6 is 0 Å². The number of anilines is 1. The molecule has 1 heterocycles. The van der Waals surface area contributed by atoms with Crippen molar-refractivity contribution in [3.8, 4) is 0 Å². The van der Waals surface area contributed by atoms with E-state index >= 15 is 0 Å². The van der Waals surface area contributed by atoms with Gasteiger partial charge >= 0.3 is 100 Å². The topological polar surface area (TPSA) is 54.9 Å². The first kappa shape index (κ1) is 11.3. The molecule has 0 saturated carbocycles. The molecule has 0 saturated heterocycles. The normalized spacial score (nSPS) is 11.7. The van der Waals surface area contributed by atoms with Gasteiger partial charge in [0.15, 0.2) is 0 Å². The van der Waals surface area contributed by atoms with Gasteiger partial charge in [-0.2, -0.15) is 0 Å². The van der Waals surface area contributed by atoms with Gasteiger partial charge in [0.2, 0.25) is 0 Å². The minimum atomic E-state index is -0.399. The van der Waals surface area contributed by atoms with E-state index < -0.39 is 5.41 Å². The van der Waals surface area contributed by atoms with E-state index in [2.05, 4.69) is 13.3 Å². The summed E-state index contributed by atoms with van der Waals surface area (Å²) >= 11 is -0.0646. The molecular weight excluding hydrogens is 269 g/mol. The van der Waals surface area contributed by atoms with Gasteiger partial charge in [-0.05, 0) is 0 Å². The van der Waals surface area contributed by atoms with Crippen molar-refractivity contribution < 1.29 is 4.79 Å². The van der Waals surface area contributed by atoms with Crippen LogP contribution in [-0.2, 0) is 4.79 Å². The number of fused-ring (bicyclic) bond motifs is 1. The molecule has 1 amide bonds. The van der Waals surface area contributed by atoms with Crippen molar-refractivity contribution in [2.45, 2.75) is 20.8 Å². The summed E-state index contributed by atoms with van der Waals surface area (Å²) in [6, 6.07) is 5.67. The van der Waals surface area contributed by atoms with Crippen LogP contribution in [0.4, 0.5) is 5.69 Å². The Labute approximate surface area is 100 Å². The van der Waals surface area contributed by atoms with Gasteiger partial charge < -0.3 is 0 Å². The SMILES string of the molecule is CC(C)(C)C(=O)Nc1cccc2n[se]nc12. The number of benzene rings is 1. The molecule has 84 valence electrons. The molecule has 0 spiro atoms. The first-order chi connectivity index (χ1) is 7.48. The van der Waals surface area contributed by atoms with Crippen LogP contribution in [0, 0.1) is 5.41 Å². The quantitative estimate of drug-likeness (QED) is 0.809. The molecule has 5 heteroatoms. The minimum absolute atomic E-state index is 0.00417. The number of nitrogens with one attached hydrogen (secondary N) is 1. The van der Waals surface area contributed by atoms with E-state index in [1.807, 2.05) is 39.0 Å². The summed E-state index contributed by atoms with van der Waals surface area (Å²) in [7, 11) is 0. The van der Waals surface area contributed by atoms with Crippen LogP contribution in [0.2, 0.25) is 0 Å². The zero-order valence-corrected chi connectivity index (χ0v) is 11.2. The van der Waals surface area contributed by atoms with Crippen LogP contribution in [0.1, 0.15) is 20.8 Å². The molecular formula is C11H13N3OSe. The van der Waals surface area contributed by atoms with Gasteiger partial charge in [-0.3, -0.25) is 0 Å². The molecule has 4 nitrogen and oxygen atoms in total. The summed E-state index contributed by atoms with van der Waals surface area (Å²) in [5, 5.41) is 2.90. The van der Waals surface area contributed by atoms with Crippen LogP contribution in [0.15, 0.2) is 18.2 Å². The van der Waals surface area contributed by atoms with Crippen LogP contribution in [0.25, 0.3) is 11.0 Å². The molecule has 1 aromatic heterocycles. The van der Waals surface area contributed by atoms with Gasteiger partial charge in [0.25, 0.3) is 0 Å². The molecule has 0 aliphatic heterocycles. The molecule has 0 fully saturated rings. The molecule has 0 aliphatic carbocycles. The molecule has 0 radical (unpaired) electrons. The molecule has 0 unspecified atom stereocenters. The number of amides is 1. The molecule has 0 atom stereocenters. The van der Waals surface area contributed by atoms with Crippen LogP contribution < -0.4 is 5.32 Å². The average molecular weight is 282 g/mol. The van der Waals surface area contributed by atoms with E-state index in [-0.39, 0.29) is 20.9 Å². The third-order valence-corrected chi connectivity index (χ3v) is 3.35. The Kier molecular flexibility index (Phi) is 2.82. The summed E-state index contributed by atoms with van der Waals surface area (Å²) in [6.07, 6.45) is 0. The van der Waals surface area contributed by atoms with Gasteiger partial charge in [-0.15, -0.1) is 0 Å². The molecule has 0 bridgehead atoms. The Hall–Kier alpha value is -1.19. The summed E-state index contributed by atoms with van der Waals surface area (Å²) in [4.78, 5) is 11.9. The zero-order valence-electron chi connectivity index (χ0n) is 9.44. The van der Waals surface area contributed by atoms with E-state index in [4.69, 9.17) is 0 Å². The Morgan fingerprint density at radius 3 is 2.75 bits per heavy atom. The Bertz CT molecular complexity index is 527. The Morgan fingerprint density at radius 1 is 1.31 bits per heavy atom. The number of hydrogen-bond donors (Lipinski definition) is 1. The fourth-order valence-electron chi connectivity index (χ4n) is 1.22. The predicted octanol–water partition coefficient (Wildman–Crippen LogP) is 1.67. The summed E-state index contributed by atoms with van der Waals surface area (Å²) in [6.45, 7) is 5.66. The number of nitrogens with zero attached hydrogens (tertiary/aromatic N) is 2. The number of carbonyl (C=O) groups excluding carboxylic acids is 1. The standard InChI is InChI=1S/C11H13N3OSe/c1-11(2,3)10(15)12-7-5-4-6-8-9(7)14-16-13-8/h4-6H,1-3H3,(H,12,15). The molecule has 1 aromatic carbocycles. The summed E-state index contributed by atoms with van der Waals surface area (Å²) in [5.74, 6) is -0.00417. The fourth-order valence-corrected chi connectivity index (χ4v) is 2.37. The summed E-state index contributed by atoms with van der Waals surface area (Å²) in [5.41, 5.74) is 2.07. The maximum absolute atomic E-state index is 11.9. The van der Waals surface area contributed by atoms with Gasteiger partial charge in [0.1, 0.15) is 0 Å². The number of hydrogen-bond acceptors (Lipinski definition) is 3. The van der Waals surface area contributed by atoms with Crippen LogP contribution in [-0.4, -0.2) is 28.8 Å². The molecule has 16 heavy (non-hydrogen) atoms. The molecule has 1 N–H and O–H groups in total. The van der Waals surface area contributed by atoms with Crippen LogP contribution in [0.3, 0.4) is 0 Å². The monoisotopic (exact) mass is 283 g/mol. The third-order valence-electron chi connectivity index (χ3n) is 2.22. The van der Waals surface area contributed by atoms with E-state index in [0.717, 1.165) is 16.7 Å². The molecule has 0 aliphatic rings. The van der Waals surface area contributed by atoms with E-state index in [9.17, 15) is 4.79 Å². The van der Waals surface area contributed by atoms with Crippen molar-refractivity contribution in [1.82, 2.24) is 7.96 Å². The Morgan fingerprint density at radius 2 is 2.06 bits per heavy atom. The van der Waals surface area contributed by atoms with E-state index in [1.54, 1.807) is 0 Å². The number of aromatic nitrogens is 2. The zero-order chi connectivity index (χ0) is 11.8. The van der Waals surface area contributed by atoms with Crippen molar-refractivity contribution in [2.24, 2.45) is 5.41 Å². The van der Waals surface area contributed by atoms with Crippen molar-refractivity contribution in [3.05, 3.63) is 18.2 Å². The van der Waals surface area contributed by atoms with Crippen molar-refractivity contribution in [1.29, 1.82) is 0 Å². The van der Waals surface area contributed by atoms with Gasteiger partial charge in [-0.1, -0.05) is 0 Å². The van der Waals surface area contributed by atoms with E-state index in [1.165, 1.54) is 0 Å². The van der Waals surface area contributed by atoms with Gasteiger partial charge in [0, 0.05) is 0 Å². The predicted molar refractivity (Wildman–Crippen MR) is 64.6 cm³/mol. The summed E-state index contributed by atoms with van der Waals surface area (Å²) < 4.78 is 8.59. The fraction of sp³-hybridized carbons (Fsp3) is 0.364. The van der Waals surface area contributed by atoms with Gasteiger partial charge in [0.05, 0.1) is 0 Å². The number of rotatable bonds is 1. The van der Waals surface area contributed by atoms with Crippen molar-refractivity contribution >= 4 is 37.6 Å². The Balaban J connectivity index is 2.35. The van der Waals surface area contributed by atoms with Crippen LogP contribution in [0.5, 0.6) is 0 Å². The number of carbonyl (C=O) groups is 1. The molecule has 2 aromatic rings. The van der Waals surface area contributed by atoms with E-state index in [0.29, 0.717) is 0 Å². The van der Waals surface area contributed by atoms with Crippen molar-refractivity contribution in [2.75, 3.05) is 5.32 Å². The second-order valence-corrected chi connectivity index (χ2v) is 5.75.